The maximum absolute atomic E-state index is 11.8. The average molecular weight is 251 g/mol. The lowest BCUT2D eigenvalue weighted by atomic mass is 10.2. The highest BCUT2D eigenvalue weighted by Gasteiger charge is 2.14. The number of nitrogens with one attached hydrogen (secondary N) is 1. The normalized spacial score (nSPS) is 11.7. The van der Waals surface area contributed by atoms with E-state index in [0.717, 1.165) is 6.42 Å². The van der Waals surface area contributed by atoms with Crippen LogP contribution in [0.5, 0.6) is 0 Å². The summed E-state index contributed by atoms with van der Waals surface area (Å²) in [5, 5.41) is 11.4. The van der Waals surface area contributed by atoms with Crippen molar-refractivity contribution < 1.29 is 14.7 Å². The van der Waals surface area contributed by atoms with Crippen LogP contribution in [-0.4, -0.2) is 40.1 Å². The third kappa shape index (κ3) is 3.44. The number of amides is 2. The van der Waals surface area contributed by atoms with E-state index in [-0.39, 0.29) is 17.6 Å². The number of carbonyl (C=O) groups is 2. The zero-order valence-electron chi connectivity index (χ0n) is 10.7. The van der Waals surface area contributed by atoms with Gasteiger partial charge < -0.3 is 15.3 Å². The molecule has 18 heavy (non-hydrogen) atoms. The monoisotopic (exact) mass is 251 g/mol. The Hall–Kier alpha value is -2.11. The number of rotatable bonds is 4. The van der Waals surface area contributed by atoms with Gasteiger partial charge in [0.2, 0.25) is 0 Å². The van der Waals surface area contributed by atoms with Gasteiger partial charge in [0.05, 0.1) is 17.4 Å². The number of carbonyl (C=O) groups excluding carboxylic acids is 1. The standard InChI is InChI=1S/C12H17N3O3/c1-4-8(2)15(3)12(18)14-10-5-9(11(16)17)6-13-7-10/h5-8H,4H2,1-3H3,(H,14,18)(H,16,17). The van der Waals surface area contributed by atoms with E-state index >= 15 is 0 Å². The molecule has 0 radical (unpaired) electrons. The molecule has 1 aromatic heterocycles. The summed E-state index contributed by atoms with van der Waals surface area (Å²) in [6.07, 6.45) is 3.49. The fourth-order valence-electron chi connectivity index (χ4n) is 1.31. The fourth-order valence-corrected chi connectivity index (χ4v) is 1.31. The molecule has 2 N–H and O–H groups in total. The first-order valence-corrected chi connectivity index (χ1v) is 5.67. The molecule has 0 aliphatic carbocycles. The minimum absolute atomic E-state index is 0.0407. The Bertz CT molecular complexity index is 448. The van der Waals surface area contributed by atoms with Gasteiger partial charge in [0, 0.05) is 19.3 Å². The second-order valence-corrected chi connectivity index (χ2v) is 4.07. The molecule has 0 bridgehead atoms. The zero-order chi connectivity index (χ0) is 13.7. The number of urea groups is 1. The van der Waals surface area contributed by atoms with Gasteiger partial charge in [0.1, 0.15) is 0 Å². The van der Waals surface area contributed by atoms with Crippen molar-refractivity contribution in [2.24, 2.45) is 0 Å². The summed E-state index contributed by atoms with van der Waals surface area (Å²) in [5.74, 6) is -1.08. The van der Waals surface area contributed by atoms with Gasteiger partial charge in [-0.15, -0.1) is 0 Å². The van der Waals surface area contributed by atoms with E-state index in [1.165, 1.54) is 18.5 Å². The number of aromatic carboxylic acids is 1. The molecule has 0 saturated heterocycles. The molecule has 0 spiro atoms. The van der Waals surface area contributed by atoms with Crippen LogP contribution in [0.2, 0.25) is 0 Å². The minimum atomic E-state index is -1.08. The minimum Gasteiger partial charge on any atom is -0.478 e. The van der Waals surface area contributed by atoms with Gasteiger partial charge in [-0.3, -0.25) is 4.98 Å². The number of anilines is 1. The summed E-state index contributed by atoms with van der Waals surface area (Å²) in [7, 11) is 1.69. The Kier molecular flexibility index (Phi) is 4.65. The fraction of sp³-hybridized carbons (Fsp3) is 0.417. The maximum Gasteiger partial charge on any atom is 0.337 e. The van der Waals surface area contributed by atoms with E-state index < -0.39 is 5.97 Å². The Balaban J connectivity index is 2.76. The van der Waals surface area contributed by atoms with Gasteiger partial charge in [-0.25, -0.2) is 9.59 Å². The molecule has 0 fully saturated rings. The summed E-state index contributed by atoms with van der Waals surface area (Å²) >= 11 is 0. The molecule has 0 saturated carbocycles. The van der Waals surface area contributed by atoms with Crippen molar-refractivity contribution in [2.45, 2.75) is 26.3 Å². The highest BCUT2D eigenvalue weighted by atomic mass is 16.4. The average Bonchev–Trinajstić information content (AvgIpc) is 2.37. The SMILES string of the molecule is CCC(C)N(C)C(=O)Nc1cncc(C(=O)O)c1. The van der Waals surface area contributed by atoms with Crippen LogP contribution in [0.4, 0.5) is 10.5 Å². The highest BCUT2D eigenvalue weighted by Crippen LogP contribution is 2.10. The molecule has 0 aliphatic rings. The second kappa shape index (κ2) is 6.00. The van der Waals surface area contributed by atoms with E-state index in [1.807, 2.05) is 13.8 Å². The van der Waals surface area contributed by atoms with Crippen molar-refractivity contribution in [3.63, 3.8) is 0 Å². The van der Waals surface area contributed by atoms with Gasteiger partial charge in [-0.05, 0) is 19.4 Å². The van der Waals surface area contributed by atoms with Crippen molar-refractivity contribution >= 4 is 17.7 Å². The number of aromatic nitrogens is 1. The van der Waals surface area contributed by atoms with Gasteiger partial charge in [-0.2, -0.15) is 0 Å². The van der Waals surface area contributed by atoms with Gasteiger partial charge in [0.25, 0.3) is 0 Å². The van der Waals surface area contributed by atoms with Crippen molar-refractivity contribution in [1.82, 2.24) is 9.88 Å². The number of hydrogen-bond acceptors (Lipinski definition) is 3. The Morgan fingerprint density at radius 2 is 2.17 bits per heavy atom. The summed E-state index contributed by atoms with van der Waals surface area (Å²) < 4.78 is 0. The smallest absolute Gasteiger partial charge is 0.337 e. The number of nitrogens with zero attached hydrogens (tertiary/aromatic N) is 2. The number of carboxylic acid groups (broad SMARTS) is 1. The van der Waals surface area contributed by atoms with Crippen LogP contribution in [0.25, 0.3) is 0 Å². The molecule has 2 amide bonds. The third-order valence-corrected chi connectivity index (χ3v) is 2.81. The van der Waals surface area contributed by atoms with Crippen molar-refractivity contribution in [3.05, 3.63) is 24.0 Å². The molecule has 1 heterocycles. The summed E-state index contributed by atoms with van der Waals surface area (Å²) in [5.41, 5.74) is 0.411. The van der Waals surface area contributed by atoms with Crippen LogP contribution < -0.4 is 5.32 Å². The van der Waals surface area contributed by atoms with Crippen LogP contribution in [0, 0.1) is 0 Å². The van der Waals surface area contributed by atoms with Crippen molar-refractivity contribution in [2.75, 3.05) is 12.4 Å². The molecule has 1 unspecified atom stereocenters. The van der Waals surface area contributed by atoms with E-state index in [4.69, 9.17) is 5.11 Å². The number of pyridine rings is 1. The lowest BCUT2D eigenvalue weighted by molar-refractivity contribution is 0.0696. The van der Waals surface area contributed by atoms with Gasteiger partial charge in [0.15, 0.2) is 0 Å². The summed E-state index contributed by atoms with van der Waals surface area (Å²) in [6.45, 7) is 3.92. The zero-order valence-corrected chi connectivity index (χ0v) is 10.7. The predicted molar refractivity (Wildman–Crippen MR) is 67.7 cm³/mol. The first kappa shape index (κ1) is 14.0. The highest BCUT2D eigenvalue weighted by molar-refractivity contribution is 5.92. The first-order valence-electron chi connectivity index (χ1n) is 5.67. The first-order chi connectivity index (χ1) is 8.45. The quantitative estimate of drug-likeness (QED) is 0.857. The van der Waals surface area contributed by atoms with E-state index in [2.05, 4.69) is 10.3 Å². The molecule has 0 aliphatic heterocycles. The molecule has 6 heteroatoms. The predicted octanol–water partition coefficient (Wildman–Crippen LogP) is 2.04. The molecular formula is C12H17N3O3. The Morgan fingerprint density at radius 3 is 2.72 bits per heavy atom. The summed E-state index contributed by atoms with van der Waals surface area (Å²) in [4.78, 5) is 27.9. The van der Waals surface area contributed by atoms with Gasteiger partial charge >= 0.3 is 12.0 Å². The molecule has 1 atom stereocenters. The topological polar surface area (TPSA) is 82.5 Å². The van der Waals surface area contributed by atoms with Crippen LogP contribution in [0.3, 0.4) is 0 Å². The van der Waals surface area contributed by atoms with Crippen molar-refractivity contribution in [1.29, 1.82) is 0 Å². The summed E-state index contributed by atoms with van der Waals surface area (Å²) in [6, 6.07) is 1.20. The molecule has 1 rings (SSSR count). The van der Waals surface area contributed by atoms with E-state index in [0.29, 0.717) is 5.69 Å². The molecule has 98 valence electrons. The number of carboxylic acids is 1. The van der Waals surface area contributed by atoms with E-state index in [1.54, 1.807) is 11.9 Å². The lowest BCUT2D eigenvalue weighted by Crippen LogP contribution is -2.37. The molecule has 0 aromatic carbocycles. The van der Waals surface area contributed by atoms with Crippen molar-refractivity contribution in [3.8, 4) is 0 Å². The lowest BCUT2D eigenvalue weighted by Gasteiger charge is -2.24. The molecule has 6 nitrogen and oxygen atoms in total. The molecular weight excluding hydrogens is 234 g/mol. The van der Waals surface area contributed by atoms with Crippen LogP contribution in [0.15, 0.2) is 18.5 Å². The third-order valence-electron chi connectivity index (χ3n) is 2.81. The largest absolute Gasteiger partial charge is 0.478 e. The van der Waals surface area contributed by atoms with Crippen LogP contribution in [0.1, 0.15) is 30.6 Å². The molecule has 1 aromatic rings. The number of hydrogen-bond donors (Lipinski definition) is 2. The van der Waals surface area contributed by atoms with E-state index in [9.17, 15) is 9.59 Å². The van der Waals surface area contributed by atoms with Gasteiger partial charge in [-0.1, -0.05) is 6.92 Å². The maximum atomic E-state index is 11.8. The Morgan fingerprint density at radius 1 is 1.50 bits per heavy atom. The second-order valence-electron chi connectivity index (χ2n) is 4.07. The Labute approximate surface area is 106 Å². The van der Waals surface area contributed by atoms with Crippen LogP contribution in [-0.2, 0) is 0 Å². The van der Waals surface area contributed by atoms with Crippen LogP contribution >= 0.6 is 0 Å².